The van der Waals surface area contributed by atoms with Gasteiger partial charge in [-0.3, -0.25) is 4.79 Å². The summed E-state index contributed by atoms with van der Waals surface area (Å²) in [5.74, 6) is -0.140. The molecule has 0 unspecified atom stereocenters. The first-order chi connectivity index (χ1) is 7.82. The van der Waals surface area contributed by atoms with Gasteiger partial charge in [-0.1, -0.05) is 0 Å². The van der Waals surface area contributed by atoms with Crippen molar-refractivity contribution in [2.75, 3.05) is 30.4 Å². The lowest BCUT2D eigenvalue weighted by Crippen LogP contribution is -2.26. The minimum Gasteiger partial charge on any atom is -0.382 e. The third-order valence-corrected chi connectivity index (χ3v) is 3.93. The van der Waals surface area contributed by atoms with Crippen molar-refractivity contribution >= 4 is 38.1 Å². The number of hydrogen-bond acceptors (Lipinski definition) is 7. The van der Waals surface area contributed by atoms with Crippen molar-refractivity contribution in [3.8, 4) is 0 Å². The first kappa shape index (κ1) is 13.7. The van der Waals surface area contributed by atoms with Gasteiger partial charge in [0.1, 0.15) is 9.90 Å². The maximum Gasteiger partial charge on any atom is 0.216 e. The Kier molecular flexibility index (Phi) is 4.29. The lowest BCUT2D eigenvalue weighted by Gasteiger charge is -2.06. The third kappa shape index (κ3) is 3.86. The quantitative estimate of drug-likeness (QED) is 0.636. The summed E-state index contributed by atoms with van der Waals surface area (Å²) in [4.78, 5) is 10.6. The first-order valence-electron chi connectivity index (χ1n) is 4.76. The molecule has 0 bridgehead atoms. The van der Waals surface area contributed by atoms with Crippen LogP contribution in [0.5, 0.6) is 0 Å². The highest BCUT2D eigenvalue weighted by Crippen LogP contribution is 2.30. The van der Waals surface area contributed by atoms with Gasteiger partial charge in [0, 0.05) is 26.3 Å². The van der Waals surface area contributed by atoms with Gasteiger partial charge >= 0.3 is 0 Å². The van der Waals surface area contributed by atoms with Crippen LogP contribution in [0.3, 0.4) is 0 Å². The molecule has 96 valence electrons. The zero-order valence-electron chi connectivity index (χ0n) is 9.48. The number of sulfone groups is 1. The summed E-state index contributed by atoms with van der Waals surface area (Å²) >= 11 is 0.984. The van der Waals surface area contributed by atoms with Gasteiger partial charge in [0.05, 0.1) is 0 Å². The zero-order chi connectivity index (χ0) is 13.1. The fraction of sp³-hybridized carbons (Fsp3) is 0.500. The smallest absolute Gasteiger partial charge is 0.216 e. The SMILES string of the molecule is CC(=O)NCCNc1snc(N)c1S(C)(=O)=O. The Morgan fingerprint density at radius 3 is 2.65 bits per heavy atom. The second kappa shape index (κ2) is 5.32. The Morgan fingerprint density at radius 1 is 1.47 bits per heavy atom. The summed E-state index contributed by atoms with van der Waals surface area (Å²) in [7, 11) is -3.40. The Bertz CT molecular complexity index is 509. The molecule has 0 radical (unpaired) electrons. The number of nitrogen functional groups attached to an aromatic ring is 1. The molecule has 9 heteroatoms. The van der Waals surface area contributed by atoms with Gasteiger partial charge in [0.15, 0.2) is 15.7 Å². The fourth-order valence-electron chi connectivity index (χ4n) is 1.18. The van der Waals surface area contributed by atoms with E-state index in [-0.39, 0.29) is 16.6 Å². The summed E-state index contributed by atoms with van der Waals surface area (Å²) in [6, 6.07) is 0. The molecule has 0 spiro atoms. The monoisotopic (exact) mass is 278 g/mol. The van der Waals surface area contributed by atoms with Crippen LogP contribution in [0.1, 0.15) is 6.92 Å². The molecule has 1 amide bonds. The molecule has 0 fully saturated rings. The van der Waals surface area contributed by atoms with Crippen molar-refractivity contribution in [1.29, 1.82) is 0 Å². The number of carbonyl (C=O) groups is 1. The van der Waals surface area contributed by atoms with Crippen molar-refractivity contribution in [2.24, 2.45) is 0 Å². The van der Waals surface area contributed by atoms with E-state index < -0.39 is 9.84 Å². The number of carbonyl (C=O) groups excluding carboxylic acids is 1. The largest absolute Gasteiger partial charge is 0.382 e. The minimum absolute atomic E-state index is 0.000438. The number of rotatable bonds is 5. The molecule has 17 heavy (non-hydrogen) atoms. The number of amides is 1. The fourth-order valence-corrected chi connectivity index (χ4v) is 3.27. The molecule has 7 nitrogen and oxygen atoms in total. The summed E-state index contributed by atoms with van der Waals surface area (Å²) < 4.78 is 26.7. The second-order valence-electron chi connectivity index (χ2n) is 3.41. The first-order valence-corrected chi connectivity index (χ1v) is 7.42. The summed E-state index contributed by atoms with van der Waals surface area (Å²) in [6.07, 6.45) is 1.08. The average Bonchev–Trinajstić information content (AvgIpc) is 2.53. The van der Waals surface area contributed by atoms with E-state index >= 15 is 0 Å². The number of nitrogens with zero attached hydrogens (tertiary/aromatic N) is 1. The number of nitrogens with two attached hydrogens (primary N) is 1. The van der Waals surface area contributed by atoms with E-state index in [4.69, 9.17) is 5.73 Å². The van der Waals surface area contributed by atoms with Crippen LogP contribution in [0, 0.1) is 0 Å². The number of anilines is 2. The molecule has 0 aliphatic heterocycles. The van der Waals surface area contributed by atoms with E-state index in [1.807, 2.05) is 0 Å². The Balaban J connectivity index is 2.70. The molecule has 0 aliphatic rings. The normalized spacial score (nSPS) is 11.2. The topological polar surface area (TPSA) is 114 Å². The molecule has 0 saturated heterocycles. The molecule has 1 aromatic rings. The highest BCUT2D eigenvalue weighted by molar-refractivity contribution is 7.91. The standard InChI is InChI=1S/C8H14N4O3S2/c1-5(13)10-3-4-11-8-6(17(2,14)15)7(9)12-16-8/h11H,3-4H2,1-2H3,(H2,9,12)(H,10,13). The van der Waals surface area contributed by atoms with Gasteiger partial charge in [0.2, 0.25) is 5.91 Å². The van der Waals surface area contributed by atoms with E-state index in [0.29, 0.717) is 18.1 Å². The maximum atomic E-state index is 11.5. The molecule has 1 heterocycles. The van der Waals surface area contributed by atoms with Crippen molar-refractivity contribution in [3.63, 3.8) is 0 Å². The highest BCUT2D eigenvalue weighted by Gasteiger charge is 2.20. The van der Waals surface area contributed by atoms with Gasteiger partial charge in [-0.15, -0.1) is 0 Å². The number of aromatic nitrogens is 1. The summed E-state index contributed by atoms with van der Waals surface area (Å²) in [6.45, 7) is 2.21. The predicted molar refractivity (Wildman–Crippen MR) is 66.8 cm³/mol. The van der Waals surface area contributed by atoms with Crippen molar-refractivity contribution in [2.45, 2.75) is 11.8 Å². The lowest BCUT2D eigenvalue weighted by atomic mass is 10.5. The Morgan fingerprint density at radius 2 is 2.12 bits per heavy atom. The van der Waals surface area contributed by atoms with Gasteiger partial charge in [0.25, 0.3) is 0 Å². The molecule has 1 rings (SSSR count). The lowest BCUT2D eigenvalue weighted by molar-refractivity contribution is -0.118. The van der Waals surface area contributed by atoms with Crippen LogP contribution in [0.4, 0.5) is 10.8 Å². The molecule has 0 saturated carbocycles. The van der Waals surface area contributed by atoms with Gasteiger partial charge in [-0.2, -0.15) is 4.37 Å². The van der Waals surface area contributed by atoms with Crippen LogP contribution in [-0.2, 0) is 14.6 Å². The number of nitrogens with one attached hydrogen (secondary N) is 2. The second-order valence-corrected chi connectivity index (χ2v) is 6.13. The van der Waals surface area contributed by atoms with Crippen molar-refractivity contribution in [3.05, 3.63) is 0 Å². The molecule has 4 N–H and O–H groups in total. The van der Waals surface area contributed by atoms with E-state index in [2.05, 4.69) is 15.0 Å². The van der Waals surface area contributed by atoms with E-state index in [1.54, 1.807) is 0 Å². The third-order valence-electron chi connectivity index (χ3n) is 1.83. The van der Waals surface area contributed by atoms with Crippen LogP contribution in [-0.4, -0.2) is 38.0 Å². The van der Waals surface area contributed by atoms with E-state index in [1.165, 1.54) is 6.92 Å². The molecular formula is C8H14N4O3S2. The molecule has 0 aromatic carbocycles. The molecule has 1 aromatic heterocycles. The van der Waals surface area contributed by atoms with Gasteiger partial charge in [-0.05, 0) is 11.5 Å². The number of hydrogen-bond donors (Lipinski definition) is 3. The van der Waals surface area contributed by atoms with Crippen LogP contribution in [0.15, 0.2) is 4.90 Å². The van der Waals surface area contributed by atoms with Crippen LogP contribution in [0.2, 0.25) is 0 Å². The van der Waals surface area contributed by atoms with Gasteiger partial charge < -0.3 is 16.4 Å². The van der Waals surface area contributed by atoms with Crippen molar-refractivity contribution < 1.29 is 13.2 Å². The van der Waals surface area contributed by atoms with Crippen LogP contribution < -0.4 is 16.4 Å². The van der Waals surface area contributed by atoms with E-state index in [9.17, 15) is 13.2 Å². The van der Waals surface area contributed by atoms with Crippen LogP contribution in [0.25, 0.3) is 0 Å². The maximum absolute atomic E-state index is 11.5. The predicted octanol–water partition coefficient (Wildman–Crippen LogP) is -0.323. The highest BCUT2D eigenvalue weighted by atomic mass is 32.2. The molecule has 0 atom stereocenters. The summed E-state index contributed by atoms with van der Waals surface area (Å²) in [5.41, 5.74) is 5.49. The zero-order valence-corrected chi connectivity index (χ0v) is 11.1. The summed E-state index contributed by atoms with van der Waals surface area (Å²) in [5, 5.41) is 5.86. The van der Waals surface area contributed by atoms with E-state index in [0.717, 1.165) is 17.8 Å². The Hall–Kier alpha value is -1.35. The van der Waals surface area contributed by atoms with Gasteiger partial charge in [-0.25, -0.2) is 8.42 Å². The minimum atomic E-state index is -3.40. The Labute approximate surface area is 103 Å². The van der Waals surface area contributed by atoms with Crippen LogP contribution >= 0.6 is 11.5 Å². The van der Waals surface area contributed by atoms with Crippen molar-refractivity contribution in [1.82, 2.24) is 9.69 Å². The average molecular weight is 278 g/mol. The molecule has 0 aliphatic carbocycles. The molecular weight excluding hydrogens is 264 g/mol.